The van der Waals surface area contributed by atoms with Gasteiger partial charge in [-0.3, -0.25) is 9.20 Å². The quantitative estimate of drug-likeness (QED) is 0.545. The molecule has 0 saturated heterocycles. The van der Waals surface area contributed by atoms with E-state index in [-0.39, 0.29) is 12.2 Å². The minimum atomic E-state index is -0.951. The van der Waals surface area contributed by atoms with Crippen LogP contribution in [0.5, 0.6) is 5.75 Å². The molecule has 0 bridgehead atoms. The Balaban J connectivity index is 1.64. The number of carbonyl (C=O) groups excluding carboxylic acids is 1. The Kier molecular flexibility index (Phi) is 4.79. The van der Waals surface area contributed by atoms with Crippen LogP contribution in [0.1, 0.15) is 16.1 Å². The van der Waals surface area contributed by atoms with Gasteiger partial charge in [0.25, 0.3) is 5.91 Å². The van der Waals surface area contributed by atoms with Crippen molar-refractivity contribution in [3.05, 3.63) is 76.9 Å². The number of hydrogen-bond donors (Lipinski definition) is 1. The minimum absolute atomic E-state index is 0.0588. The smallest absolute Gasteiger partial charge is 0.272 e. The van der Waals surface area contributed by atoms with Gasteiger partial charge in [-0.05, 0) is 42.0 Å². The summed E-state index contributed by atoms with van der Waals surface area (Å²) < 4.78 is 33.4. The molecule has 4 aromatic rings. The molecule has 0 aliphatic carbocycles. The van der Waals surface area contributed by atoms with Crippen LogP contribution in [0.2, 0.25) is 0 Å². The van der Waals surface area contributed by atoms with Crippen molar-refractivity contribution in [2.75, 3.05) is 7.11 Å². The minimum Gasteiger partial charge on any atom is -0.497 e. The number of nitrogens with one attached hydrogen (secondary N) is 1. The molecule has 0 spiro atoms. The fourth-order valence-corrected chi connectivity index (χ4v) is 3.60. The first-order chi connectivity index (χ1) is 13.6. The van der Waals surface area contributed by atoms with Crippen molar-refractivity contribution in [1.82, 2.24) is 14.7 Å². The topological polar surface area (TPSA) is 55.6 Å². The average Bonchev–Trinajstić information content (AvgIpc) is 3.30. The number of benzene rings is 2. The average molecular weight is 399 g/mol. The lowest BCUT2D eigenvalue weighted by Gasteiger charge is -2.08. The molecule has 0 unspecified atom stereocenters. The molecule has 0 radical (unpaired) electrons. The van der Waals surface area contributed by atoms with Crippen LogP contribution in [0.15, 0.2) is 54.0 Å². The van der Waals surface area contributed by atoms with Crippen molar-refractivity contribution < 1.29 is 18.3 Å². The number of nitrogens with zero attached hydrogens (tertiary/aromatic N) is 2. The number of amides is 1. The number of rotatable bonds is 5. The maximum Gasteiger partial charge on any atom is 0.272 e. The molecule has 0 aliphatic heterocycles. The van der Waals surface area contributed by atoms with Crippen molar-refractivity contribution in [3.8, 4) is 17.0 Å². The van der Waals surface area contributed by atoms with E-state index >= 15 is 0 Å². The molecule has 1 N–H and O–H groups in total. The Morgan fingerprint density at radius 2 is 1.96 bits per heavy atom. The SMILES string of the molecule is COc1ccc(-c2c(C(=O)NCc3ccc(F)c(F)c3)nc3sccn23)cc1. The molecule has 5 nitrogen and oxygen atoms in total. The van der Waals surface area contributed by atoms with E-state index in [4.69, 9.17) is 4.74 Å². The van der Waals surface area contributed by atoms with Gasteiger partial charge in [0, 0.05) is 23.7 Å². The summed E-state index contributed by atoms with van der Waals surface area (Å²) in [5, 5.41) is 4.61. The fraction of sp³-hybridized carbons (Fsp3) is 0.100. The zero-order chi connectivity index (χ0) is 19.7. The van der Waals surface area contributed by atoms with Crippen molar-refractivity contribution in [2.45, 2.75) is 6.54 Å². The van der Waals surface area contributed by atoms with E-state index in [1.807, 2.05) is 40.2 Å². The molecule has 2 heterocycles. The molecule has 2 aromatic heterocycles. The highest BCUT2D eigenvalue weighted by Crippen LogP contribution is 2.29. The number of thiazole rings is 1. The van der Waals surface area contributed by atoms with Crippen LogP contribution in [-0.4, -0.2) is 22.4 Å². The van der Waals surface area contributed by atoms with Crippen molar-refractivity contribution >= 4 is 22.2 Å². The molecule has 0 aliphatic rings. The summed E-state index contributed by atoms with van der Waals surface area (Å²) in [4.78, 5) is 17.9. The number of halogens is 2. The normalized spacial score (nSPS) is 11.0. The van der Waals surface area contributed by atoms with Crippen LogP contribution in [0.25, 0.3) is 16.2 Å². The summed E-state index contributed by atoms with van der Waals surface area (Å²) in [6, 6.07) is 10.8. The molecule has 28 heavy (non-hydrogen) atoms. The van der Waals surface area contributed by atoms with E-state index < -0.39 is 17.5 Å². The molecule has 142 valence electrons. The van der Waals surface area contributed by atoms with E-state index in [2.05, 4.69) is 10.3 Å². The van der Waals surface area contributed by atoms with E-state index in [1.165, 1.54) is 17.4 Å². The fourth-order valence-electron chi connectivity index (χ4n) is 2.88. The first kappa shape index (κ1) is 18.1. The Hall–Kier alpha value is -3.26. The largest absolute Gasteiger partial charge is 0.497 e. The highest BCUT2D eigenvalue weighted by molar-refractivity contribution is 7.15. The number of fused-ring (bicyclic) bond motifs is 1. The second-order valence-electron chi connectivity index (χ2n) is 6.02. The van der Waals surface area contributed by atoms with Crippen LogP contribution in [0.4, 0.5) is 8.78 Å². The maximum atomic E-state index is 13.4. The number of methoxy groups -OCH3 is 1. The maximum absolute atomic E-state index is 13.4. The van der Waals surface area contributed by atoms with Gasteiger partial charge in [-0.1, -0.05) is 6.07 Å². The van der Waals surface area contributed by atoms with Crippen LogP contribution in [0, 0.1) is 11.6 Å². The second-order valence-corrected chi connectivity index (χ2v) is 6.90. The summed E-state index contributed by atoms with van der Waals surface area (Å²) >= 11 is 1.42. The third-order valence-corrected chi connectivity index (χ3v) is 5.03. The summed E-state index contributed by atoms with van der Waals surface area (Å²) in [6.45, 7) is 0.0588. The lowest BCUT2D eigenvalue weighted by molar-refractivity contribution is 0.0947. The highest BCUT2D eigenvalue weighted by atomic mass is 32.1. The Morgan fingerprint density at radius 1 is 1.18 bits per heavy atom. The summed E-state index contributed by atoms with van der Waals surface area (Å²) in [6.07, 6.45) is 1.85. The zero-order valence-corrected chi connectivity index (χ0v) is 15.6. The Labute approximate surface area is 163 Å². The second kappa shape index (κ2) is 7.40. The monoisotopic (exact) mass is 399 g/mol. The summed E-state index contributed by atoms with van der Waals surface area (Å²) in [5.41, 5.74) is 2.19. The van der Waals surface area contributed by atoms with E-state index in [0.29, 0.717) is 22.0 Å². The highest BCUT2D eigenvalue weighted by Gasteiger charge is 2.21. The predicted molar refractivity (Wildman–Crippen MR) is 103 cm³/mol. The van der Waals surface area contributed by atoms with Gasteiger partial charge in [-0.2, -0.15) is 0 Å². The van der Waals surface area contributed by atoms with Gasteiger partial charge in [-0.25, -0.2) is 13.8 Å². The Morgan fingerprint density at radius 3 is 2.68 bits per heavy atom. The van der Waals surface area contributed by atoms with Gasteiger partial charge in [0.1, 0.15) is 5.75 Å². The molecule has 8 heteroatoms. The number of ether oxygens (including phenoxy) is 1. The van der Waals surface area contributed by atoms with Gasteiger partial charge in [-0.15, -0.1) is 11.3 Å². The number of carbonyl (C=O) groups is 1. The third-order valence-electron chi connectivity index (χ3n) is 4.28. The molecule has 0 fully saturated rings. The van der Waals surface area contributed by atoms with Crippen molar-refractivity contribution in [3.63, 3.8) is 0 Å². The predicted octanol–water partition coefficient (Wildman–Crippen LogP) is 4.28. The molecular weight excluding hydrogens is 384 g/mol. The molecule has 4 rings (SSSR count). The van der Waals surface area contributed by atoms with Crippen LogP contribution < -0.4 is 10.1 Å². The zero-order valence-electron chi connectivity index (χ0n) is 14.8. The molecule has 0 saturated carbocycles. The lowest BCUT2D eigenvalue weighted by Crippen LogP contribution is -2.24. The van der Waals surface area contributed by atoms with Crippen LogP contribution in [0.3, 0.4) is 0 Å². The summed E-state index contributed by atoms with van der Waals surface area (Å²) in [7, 11) is 1.59. The van der Waals surface area contributed by atoms with Gasteiger partial charge in [0.2, 0.25) is 0 Å². The van der Waals surface area contributed by atoms with Crippen LogP contribution >= 0.6 is 11.3 Å². The molecule has 0 atom stereocenters. The lowest BCUT2D eigenvalue weighted by atomic mass is 10.1. The van der Waals surface area contributed by atoms with Crippen molar-refractivity contribution in [2.24, 2.45) is 0 Å². The van der Waals surface area contributed by atoms with E-state index in [0.717, 1.165) is 17.7 Å². The van der Waals surface area contributed by atoms with Gasteiger partial charge < -0.3 is 10.1 Å². The van der Waals surface area contributed by atoms with Gasteiger partial charge >= 0.3 is 0 Å². The number of aromatic nitrogens is 2. The first-order valence-corrected chi connectivity index (χ1v) is 9.27. The van der Waals surface area contributed by atoms with E-state index in [9.17, 15) is 13.6 Å². The Bertz CT molecular complexity index is 1150. The first-order valence-electron chi connectivity index (χ1n) is 8.39. The van der Waals surface area contributed by atoms with Gasteiger partial charge in [0.15, 0.2) is 22.3 Å². The number of imidazole rings is 1. The van der Waals surface area contributed by atoms with Crippen LogP contribution in [-0.2, 0) is 6.54 Å². The number of hydrogen-bond acceptors (Lipinski definition) is 4. The standard InChI is InChI=1S/C20H15F2N3O2S/c1-27-14-5-3-13(4-6-14)18-17(24-20-25(18)8-9-28-20)19(26)23-11-12-2-7-15(21)16(22)10-12/h2-10H,11H2,1H3,(H,23,26). The molecular formula is C20H15F2N3O2S. The third kappa shape index (κ3) is 3.34. The van der Waals surface area contributed by atoms with Crippen molar-refractivity contribution in [1.29, 1.82) is 0 Å². The van der Waals surface area contributed by atoms with Gasteiger partial charge in [0.05, 0.1) is 12.8 Å². The molecule has 1 amide bonds. The summed E-state index contributed by atoms with van der Waals surface area (Å²) in [5.74, 6) is -1.56. The molecule has 2 aromatic carbocycles. The van der Waals surface area contributed by atoms with E-state index in [1.54, 1.807) is 7.11 Å².